The zero-order valence-corrected chi connectivity index (χ0v) is 43.7. The zero-order chi connectivity index (χ0) is 44.7. The number of nitrogens with one attached hydrogen (secondary N) is 1. The summed E-state index contributed by atoms with van der Waals surface area (Å²) < 4.78 is 17.2. The monoisotopic (exact) mass is 1040 g/mol. The van der Waals surface area contributed by atoms with Crippen LogP contribution in [0.25, 0.3) is 5.90 Å². The van der Waals surface area contributed by atoms with Crippen molar-refractivity contribution in [3.8, 4) is 0 Å². The molecular formula is C53H98N2O6W. The van der Waals surface area contributed by atoms with Crippen molar-refractivity contribution < 1.29 is 49.7 Å². The molecule has 1 heterocycles. The summed E-state index contributed by atoms with van der Waals surface area (Å²) in [6.07, 6.45) is 46.0. The van der Waals surface area contributed by atoms with Crippen molar-refractivity contribution in [1.29, 1.82) is 0 Å². The third-order valence-electron chi connectivity index (χ3n) is 11.6. The molecule has 0 aromatic heterocycles. The Morgan fingerprint density at radius 3 is 1.65 bits per heavy atom. The summed E-state index contributed by atoms with van der Waals surface area (Å²) in [6.45, 7) is 18.7. The van der Waals surface area contributed by atoms with Crippen molar-refractivity contribution in [1.82, 2.24) is 4.90 Å². The Labute approximate surface area is 398 Å². The van der Waals surface area contributed by atoms with E-state index in [1.165, 1.54) is 142 Å². The first-order valence-electron chi connectivity index (χ1n) is 25.7. The number of rotatable bonds is 41. The van der Waals surface area contributed by atoms with Crippen molar-refractivity contribution in [2.45, 2.75) is 239 Å². The minimum Gasteiger partial charge on any atom is -0.549 e. The van der Waals surface area contributed by atoms with Crippen LogP contribution in [-0.4, -0.2) is 62.4 Å². The number of unbranched alkanes of at least 4 members (excludes halogenated alkanes) is 18. The number of nitrogens with zero attached hydrogens (tertiary/aromatic N) is 1. The molecule has 1 aliphatic heterocycles. The average molecular weight is 1040 g/mol. The minimum atomic E-state index is -0.252. The normalized spacial score (nSPS) is 13.7. The number of hydrogen-bond acceptors (Lipinski definition) is 7. The van der Waals surface area contributed by atoms with Gasteiger partial charge in [0.25, 0.3) is 0 Å². The molecule has 0 aromatic rings. The van der Waals surface area contributed by atoms with E-state index < -0.39 is 0 Å². The summed E-state index contributed by atoms with van der Waals surface area (Å²) in [6, 6.07) is 0. The van der Waals surface area contributed by atoms with E-state index in [4.69, 9.17) is 20.1 Å². The van der Waals surface area contributed by atoms with Crippen LogP contribution >= 0.6 is 0 Å². The molecule has 0 radical (unpaired) electrons. The van der Waals surface area contributed by atoms with Crippen LogP contribution in [0.2, 0.25) is 0 Å². The number of likely N-dealkylation sites (tertiary alicyclic amines) is 1. The van der Waals surface area contributed by atoms with E-state index in [-0.39, 0.29) is 64.8 Å². The van der Waals surface area contributed by atoms with Gasteiger partial charge in [-0.2, -0.15) is 0 Å². The number of allylic oxidation sites excluding steroid dienone is 5. The fraction of sp³-hybridized carbons (Fsp3) is 0.830. The summed E-state index contributed by atoms with van der Waals surface area (Å²) in [7, 11) is 0. The van der Waals surface area contributed by atoms with E-state index in [0.717, 1.165) is 64.3 Å². The Balaban J connectivity index is 0. The Kier molecular flexibility index (Phi) is 51.0. The topological polar surface area (TPSA) is 98.1 Å². The van der Waals surface area contributed by atoms with E-state index in [2.05, 4.69) is 68.3 Å². The smallest absolute Gasteiger partial charge is 0.549 e. The van der Waals surface area contributed by atoms with Crippen LogP contribution in [0.1, 0.15) is 233 Å². The number of ether oxygens (including phenoxy) is 3. The van der Waals surface area contributed by atoms with Crippen LogP contribution in [0, 0.1) is 12.8 Å². The van der Waals surface area contributed by atoms with E-state index in [9.17, 15) is 9.59 Å². The quantitative estimate of drug-likeness (QED) is 0.0150. The predicted molar refractivity (Wildman–Crippen MR) is 259 cm³/mol. The zero-order valence-electron chi connectivity index (χ0n) is 40.8. The van der Waals surface area contributed by atoms with Gasteiger partial charge in [0.15, 0.2) is 0 Å². The summed E-state index contributed by atoms with van der Waals surface area (Å²) in [5.41, 5.74) is 0. The first-order chi connectivity index (χ1) is 29.9. The van der Waals surface area contributed by atoms with Crippen LogP contribution in [0.4, 0.5) is 0 Å². The molecule has 0 bridgehead atoms. The molecule has 0 aliphatic carbocycles. The summed E-state index contributed by atoms with van der Waals surface area (Å²) in [5.74, 6) is 7.15. The van der Waals surface area contributed by atoms with Gasteiger partial charge in [0.1, 0.15) is 6.10 Å². The molecule has 1 aliphatic rings. The third kappa shape index (κ3) is 45.1. The summed E-state index contributed by atoms with van der Waals surface area (Å²) in [4.78, 5) is 32.1. The second kappa shape index (κ2) is 50.5. The standard InChI is InChI=1S/C45H82NO6.C8H16N.W/c1-5-8-11-14-17-18-19-20-21-22-23-24-25-28-31-36-44(47)50-39-42(40-51-46)38-49-41(4)33-32-37-45(48)52-43(34-29-26-15-12-9-6-2)35-30-27-16-13-10-7-3;1-2-9-7-5-3-4-6-8-9;/h17-18,20-21,42-43,46H,4-16,19,22-40H2,1-3H3;1-8H2;/q2*-1;+2/b18-17-,21-20-;;. The first kappa shape index (κ1) is 62.6. The maximum Gasteiger partial charge on any atom is 2.00 e. The minimum absolute atomic E-state index is 0. The molecule has 0 aromatic carbocycles. The predicted octanol–water partition coefficient (Wildman–Crippen LogP) is 15.8. The van der Waals surface area contributed by atoms with Crippen LogP contribution in [0.3, 0.4) is 0 Å². The molecule has 62 heavy (non-hydrogen) atoms. The molecule has 1 saturated heterocycles. The van der Waals surface area contributed by atoms with Gasteiger partial charge in [-0.05, 0) is 96.6 Å². The second-order valence-corrected chi connectivity index (χ2v) is 17.5. The molecule has 1 fully saturated rings. The molecular weight excluding hydrogens is 944 g/mol. The van der Waals surface area contributed by atoms with Gasteiger partial charge in [-0.15, -0.1) is 6.54 Å². The van der Waals surface area contributed by atoms with Gasteiger partial charge in [-0.3, -0.25) is 9.59 Å². The number of carbonyl (C=O) groups is 2. The van der Waals surface area contributed by atoms with E-state index in [1.54, 1.807) is 0 Å². The van der Waals surface area contributed by atoms with Gasteiger partial charge in [-0.1, -0.05) is 161 Å². The summed E-state index contributed by atoms with van der Waals surface area (Å²) in [5, 5.41) is 0. The van der Waals surface area contributed by atoms with Crippen molar-refractivity contribution in [3.63, 3.8) is 0 Å². The third-order valence-corrected chi connectivity index (χ3v) is 11.6. The average Bonchev–Trinajstić information content (AvgIpc) is 3.55. The van der Waals surface area contributed by atoms with Crippen molar-refractivity contribution in [2.24, 2.45) is 5.92 Å². The fourth-order valence-electron chi connectivity index (χ4n) is 7.54. The SMILES string of the molecule is C=C(CCCC(=O)OC(CCCCCCCC)CCCCCCCC)OCC(CO[NH-])COC(=O)CCCCCCC/C=C\C/C=C\CCCCC.[CH2-]CN1CCCCCC1.[W+2]. The number of esters is 2. The largest absolute Gasteiger partial charge is 2.00 e. The Bertz CT molecular complexity index is 1020. The Morgan fingerprint density at radius 2 is 1.08 bits per heavy atom. The fourth-order valence-corrected chi connectivity index (χ4v) is 7.54. The van der Waals surface area contributed by atoms with Crippen LogP contribution in [0.5, 0.6) is 0 Å². The maximum absolute atomic E-state index is 12.7. The molecule has 9 heteroatoms. The van der Waals surface area contributed by atoms with Gasteiger partial charge in [0, 0.05) is 31.8 Å². The Hall–Kier alpha value is -1.47. The van der Waals surface area contributed by atoms with E-state index >= 15 is 0 Å². The molecule has 1 rings (SSSR count). The molecule has 1 atom stereocenters. The van der Waals surface area contributed by atoms with E-state index in [1.807, 2.05) is 0 Å². The molecule has 362 valence electrons. The van der Waals surface area contributed by atoms with Crippen LogP contribution in [0.15, 0.2) is 36.6 Å². The van der Waals surface area contributed by atoms with E-state index in [0.29, 0.717) is 31.4 Å². The van der Waals surface area contributed by atoms with Gasteiger partial charge in [-0.25, -0.2) is 0 Å². The van der Waals surface area contributed by atoms with Crippen LogP contribution in [-0.2, 0) is 49.7 Å². The van der Waals surface area contributed by atoms with Gasteiger partial charge >= 0.3 is 33.0 Å². The van der Waals surface area contributed by atoms with Crippen molar-refractivity contribution in [3.05, 3.63) is 49.5 Å². The Morgan fingerprint density at radius 1 is 0.597 bits per heavy atom. The van der Waals surface area contributed by atoms with Gasteiger partial charge in [0.2, 0.25) is 0 Å². The van der Waals surface area contributed by atoms with Crippen LogP contribution < -0.4 is 0 Å². The first-order valence-corrected chi connectivity index (χ1v) is 25.7. The summed E-state index contributed by atoms with van der Waals surface area (Å²) >= 11 is 0. The molecule has 1 unspecified atom stereocenters. The molecule has 0 saturated carbocycles. The number of carbonyl (C=O) groups excluding carboxylic acids is 2. The van der Waals surface area contributed by atoms with Crippen molar-refractivity contribution >= 4 is 11.9 Å². The molecule has 0 spiro atoms. The van der Waals surface area contributed by atoms with Gasteiger partial charge < -0.3 is 36.8 Å². The number of hydrogen-bond donors (Lipinski definition) is 0. The molecule has 8 nitrogen and oxygen atoms in total. The van der Waals surface area contributed by atoms with Gasteiger partial charge in [0.05, 0.1) is 19.0 Å². The molecule has 1 N–H and O–H groups in total. The van der Waals surface area contributed by atoms with Crippen molar-refractivity contribution in [2.75, 3.05) is 39.5 Å². The maximum atomic E-state index is 12.7. The molecule has 0 amide bonds. The second-order valence-electron chi connectivity index (χ2n) is 17.5.